The largest absolute Gasteiger partial charge is 0.472 e. The Balaban J connectivity index is 1.85. The molecule has 134 valence electrons. The van der Waals surface area contributed by atoms with E-state index < -0.39 is 12.3 Å². The second-order valence-electron chi connectivity index (χ2n) is 6.44. The van der Waals surface area contributed by atoms with Gasteiger partial charge >= 0.3 is 0 Å². The van der Waals surface area contributed by atoms with Crippen molar-refractivity contribution in [2.75, 3.05) is 0 Å². The van der Waals surface area contributed by atoms with Crippen LogP contribution in [0.3, 0.4) is 0 Å². The van der Waals surface area contributed by atoms with Gasteiger partial charge in [0.25, 0.3) is 0 Å². The number of nitrogens with zero attached hydrogens (tertiary/aromatic N) is 1. The van der Waals surface area contributed by atoms with Gasteiger partial charge in [0.1, 0.15) is 11.9 Å². The van der Waals surface area contributed by atoms with Gasteiger partial charge in [-0.1, -0.05) is 78.9 Å². The fraction of sp³-hybridized carbons (Fsp3) is 0.217. The second-order valence-corrected chi connectivity index (χ2v) is 6.44. The number of aliphatic hydroxyl groups is 1. The average molecular weight is 347 g/mol. The molecule has 3 nitrogen and oxygen atoms in total. The summed E-state index contributed by atoms with van der Waals surface area (Å²) in [5.41, 5.74) is 2.37. The van der Waals surface area contributed by atoms with Crippen LogP contribution in [0.5, 0.6) is 5.75 Å². The van der Waals surface area contributed by atoms with Crippen molar-refractivity contribution in [2.24, 2.45) is 0 Å². The average Bonchev–Trinajstić information content (AvgIpc) is 2.68. The smallest absolute Gasteiger partial charge is 0.179 e. The number of hydrogen-bond donors (Lipinski definition) is 1. The molecule has 0 aromatic heterocycles. The molecule has 0 spiro atoms. The lowest BCUT2D eigenvalue weighted by molar-refractivity contribution is -0.0669. The molecule has 0 aliphatic rings. The molecule has 0 bridgehead atoms. The molecule has 0 saturated heterocycles. The highest BCUT2D eigenvalue weighted by atomic mass is 16.5. The summed E-state index contributed by atoms with van der Waals surface area (Å²) in [6.07, 6.45) is -1.08. The van der Waals surface area contributed by atoms with Gasteiger partial charge in [-0.15, -0.1) is 0 Å². The maximum atomic E-state index is 10.4. The third-order valence-corrected chi connectivity index (χ3v) is 4.23. The first-order valence-electron chi connectivity index (χ1n) is 8.94. The Morgan fingerprint density at radius 3 is 1.58 bits per heavy atom. The summed E-state index contributed by atoms with van der Waals surface area (Å²) < 4.78 is 6.16. The zero-order chi connectivity index (χ0) is 18.2. The molecule has 0 heterocycles. The number of para-hydroxylation sites is 1. The fourth-order valence-electron chi connectivity index (χ4n) is 2.99. The van der Waals surface area contributed by atoms with Gasteiger partial charge in [0.15, 0.2) is 6.23 Å². The van der Waals surface area contributed by atoms with E-state index in [9.17, 15) is 5.11 Å². The Morgan fingerprint density at radius 2 is 1.15 bits per heavy atom. The van der Waals surface area contributed by atoms with Crippen molar-refractivity contribution in [1.29, 1.82) is 0 Å². The van der Waals surface area contributed by atoms with Crippen molar-refractivity contribution in [2.45, 2.75) is 32.3 Å². The predicted molar refractivity (Wildman–Crippen MR) is 105 cm³/mol. The summed E-state index contributed by atoms with van der Waals surface area (Å²) in [6.45, 7) is 3.16. The van der Waals surface area contributed by atoms with E-state index in [1.54, 1.807) is 6.92 Å². The molecule has 0 saturated carbocycles. The van der Waals surface area contributed by atoms with Crippen molar-refractivity contribution < 1.29 is 9.84 Å². The molecule has 0 fully saturated rings. The molecule has 3 aromatic carbocycles. The van der Waals surface area contributed by atoms with Crippen molar-refractivity contribution in [1.82, 2.24) is 4.90 Å². The van der Waals surface area contributed by atoms with Gasteiger partial charge in [-0.25, -0.2) is 0 Å². The van der Waals surface area contributed by atoms with Crippen LogP contribution in [0.25, 0.3) is 0 Å². The Hall–Kier alpha value is -2.62. The van der Waals surface area contributed by atoms with Crippen LogP contribution in [0, 0.1) is 0 Å². The molecular formula is C23H25NO2. The van der Waals surface area contributed by atoms with E-state index in [0.29, 0.717) is 13.1 Å². The topological polar surface area (TPSA) is 32.7 Å². The Labute approximate surface area is 155 Å². The lowest BCUT2D eigenvalue weighted by Gasteiger charge is -2.34. The minimum Gasteiger partial charge on any atom is -0.472 e. The maximum Gasteiger partial charge on any atom is 0.179 e. The summed E-state index contributed by atoms with van der Waals surface area (Å²) in [7, 11) is 0. The van der Waals surface area contributed by atoms with Crippen LogP contribution in [-0.2, 0) is 13.1 Å². The first-order chi connectivity index (χ1) is 12.7. The van der Waals surface area contributed by atoms with Crippen molar-refractivity contribution >= 4 is 0 Å². The maximum absolute atomic E-state index is 10.4. The van der Waals surface area contributed by atoms with E-state index in [1.165, 1.54) is 11.1 Å². The summed E-state index contributed by atoms with van der Waals surface area (Å²) >= 11 is 0. The van der Waals surface area contributed by atoms with Crippen LogP contribution in [-0.4, -0.2) is 22.3 Å². The third-order valence-electron chi connectivity index (χ3n) is 4.23. The summed E-state index contributed by atoms with van der Waals surface area (Å²) in [5, 5.41) is 10.4. The lowest BCUT2D eigenvalue weighted by atomic mass is 10.1. The van der Waals surface area contributed by atoms with Crippen LogP contribution in [0.15, 0.2) is 91.0 Å². The number of benzene rings is 3. The molecule has 3 rings (SSSR count). The first-order valence-corrected chi connectivity index (χ1v) is 8.94. The molecule has 0 aliphatic carbocycles. The van der Waals surface area contributed by atoms with Gasteiger partial charge in [-0.2, -0.15) is 0 Å². The number of rotatable bonds is 8. The predicted octanol–water partition coefficient (Wildman–Crippen LogP) is 4.47. The van der Waals surface area contributed by atoms with Crippen molar-refractivity contribution in [3.8, 4) is 5.75 Å². The Kier molecular flexibility index (Phi) is 6.42. The number of aliphatic hydroxyl groups excluding tert-OH is 1. The summed E-state index contributed by atoms with van der Waals surface area (Å²) in [5.74, 6) is 0.754. The first kappa shape index (κ1) is 18.2. The highest BCUT2D eigenvalue weighted by Crippen LogP contribution is 2.20. The quantitative estimate of drug-likeness (QED) is 0.610. The lowest BCUT2D eigenvalue weighted by Crippen LogP contribution is -2.45. The number of ether oxygens (including phenoxy) is 1. The van der Waals surface area contributed by atoms with Gasteiger partial charge in [-0.05, 0) is 30.2 Å². The van der Waals surface area contributed by atoms with E-state index >= 15 is 0 Å². The standard InChI is InChI=1S/C23H25NO2/c1-19(25)23(26-22-15-9-4-10-16-22)24(17-20-11-5-2-6-12-20)18-21-13-7-3-8-14-21/h2-16,19,23,25H,17-18H2,1H3. The summed E-state index contributed by atoms with van der Waals surface area (Å²) in [6, 6.07) is 30.2. The number of hydrogen-bond acceptors (Lipinski definition) is 3. The SMILES string of the molecule is CC(O)C(Oc1ccccc1)N(Cc1ccccc1)Cc1ccccc1. The highest BCUT2D eigenvalue weighted by Gasteiger charge is 2.25. The van der Waals surface area contributed by atoms with Gasteiger partial charge in [0.05, 0.1) is 0 Å². The summed E-state index contributed by atoms with van der Waals surface area (Å²) in [4.78, 5) is 2.17. The molecule has 0 radical (unpaired) electrons. The molecule has 2 atom stereocenters. The minimum atomic E-state index is -0.636. The van der Waals surface area contributed by atoms with Crippen LogP contribution in [0.2, 0.25) is 0 Å². The van der Waals surface area contributed by atoms with E-state index in [4.69, 9.17) is 4.74 Å². The molecular weight excluding hydrogens is 322 g/mol. The molecule has 2 unspecified atom stereocenters. The van der Waals surface area contributed by atoms with Crippen LogP contribution in [0.4, 0.5) is 0 Å². The Morgan fingerprint density at radius 1 is 0.731 bits per heavy atom. The molecule has 0 aliphatic heterocycles. The van der Waals surface area contributed by atoms with Crippen molar-refractivity contribution in [3.63, 3.8) is 0 Å². The fourth-order valence-corrected chi connectivity index (χ4v) is 2.99. The van der Waals surface area contributed by atoms with Crippen LogP contribution in [0.1, 0.15) is 18.1 Å². The molecule has 3 heteroatoms. The third kappa shape index (κ3) is 5.19. The van der Waals surface area contributed by atoms with Gasteiger partial charge in [0, 0.05) is 13.1 Å². The van der Waals surface area contributed by atoms with E-state index in [1.807, 2.05) is 66.7 Å². The van der Waals surface area contributed by atoms with Crippen LogP contribution < -0.4 is 4.74 Å². The monoisotopic (exact) mass is 347 g/mol. The van der Waals surface area contributed by atoms with Gasteiger partial charge < -0.3 is 9.84 Å². The van der Waals surface area contributed by atoms with E-state index in [-0.39, 0.29) is 0 Å². The van der Waals surface area contributed by atoms with Gasteiger partial charge in [-0.3, -0.25) is 4.90 Å². The highest BCUT2D eigenvalue weighted by molar-refractivity contribution is 5.22. The molecule has 0 amide bonds. The zero-order valence-corrected chi connectivity index (χ0v) is 15.0. The van der Waals surface area contributed by atoms with Crippen molar-refractivity contribution in [3.05, 3.63) is 102 Å². The molecule has 1 N–H and O–H groups in total. The molecule has 3 aromatic rings. The Bertz CT molecular complexity index is 718. The minimum absolute atomic E-state index is 0.446. The zero-order valence-electron chi connectivity index (χ0n) is 15.0. The normalized spacial score (nSPS) is 13.3. The second kappa shape index (κ2) is 9.18. The van der Waals surface area contributed by atoms with E-state index in [2.05, 4.69) is 29.2 Å². The molecule has 26 heavy (non-hydrogen) atoms. The van der Waals surface area contributed by atoms with Crippen LogP contribution >= 0.6 is 0 Å². The van der Waals surface area contributed by atoms with Gasteiger partial charge in [0.2, 0.25) is 0 Å². The van der Waals surface area contributed by atoms with E-state index in [0.717, 1.165) is 5.75 Å².